The molecular formula is C18H13N3S2. The number of fused-ring (bicyclic) bond motifs is 1. The van der Waals surface area contributed by atoms with Crippen LogP contribution in [-0.4, -0.2) is 10.8 Å². The highest BCUT2D eigenvalue weighted by atomic mass is 32.1. The third kappa shape index (κ3) is 2.54. The second-order valence-corrected chi connectivity index (χ2v) is 7.32. The van der Waals surface area contributed by atoms with Crippen LogP contribution in [0.5, 0.6) is 0 Å². The number of amidine groups is 1. The van der Waals surface area contributed by atoms with Crippen molar-refractivity contribution in [2.24, 2.45) is 5.73 Å². The number of nitrogens with one attached hydrogen (secondary N) is 1. The highest BCUT2D eigenvalue weighted by molar-refractivity contribution is 7.24. The van der Waals surface area contributed by atoms with Crippen molar-refractivity contribution in [2.75, 3.05) is 0 Å². The molecule has 4 rings (SSSR count). The molecule has 3 N–H and O–H groups in total. The Balaban J connectivity index is 1.79. The summed E-state index contributed by atoms with van der Waals surface area (Å²) in [7, 11) is 0. The molecule has 1 aromatic carbocycles. The minimum Gasteiger partial charge on any atom is -0.383 e. The average molecular weight is 335 g/mol. The normalized spacial score (nSPS) is 11.0. The number of hydrogen-bond donors (Lipinski definition) is 2. The molecule has 5 heteroatoms. The van der Waals surface area contributed by atoms with Crippen molar-refractivity contribution in [3.8, 4) is 20.2 Å². The molecule has 0 saturated heterocycles. The van der Waals surface area contributed by atoms with Crippen molar-refractivity contribution in [1.29, 1.82) is 5.41 Å². The fraction of sp³-hybridized carbons (Fsp3) is 0. The molecule has 0 bridgehead atoms. The van der Waals surface area contributed by atoms with E-state index in [4.69, 9.17) is 11.1 Å². The zero-order chi connectivity index (χ0) is 15.8. The zero-order valence-electron chi connectivity index (χ0n) is 12.1. The molecule has 3 heterocycles. The van der Waals surface area contributed by atoms with Crippen LogP contribution in [0.2, 0.25) is 0 Å². The van der Waals surface area contributed by atoms with Crippen molar-refractivity contribution in [3.63, 3.8) is 0 Å². The van der Waals surface area contributed by atoms with Gasteiger partial charge in [0.1, 0.15) is 5.84 Å². The summed E-state index contributed by atoms with van der Waals surface area (Å²) in [5.74, 6) is 0.122. The Bertz CT molecular complexity index is 1010. The van der Waals surface area contributed by atoms with Crippen LogP contribution in [0, 0.1) is 5.41 Å². The first-order valence-electron chi connectivity index (χ1n) is 7.10. The van der Waals surface area contributed by atoms with Crippen LogP contribution >= 0.6 is 22.7 Å². The third-order valence-corrected chi connectivity index (χ3v) is 6.09. The molecule has 23 heavy (non-hydrogen) atoms. The maximum absolute atomic E-state index is 7.52. The number of hydrogen-bond acceptors (Lipinski definition) is 4. The standard InChI is InChI=1S/C18H13N3S2/c19-18(20)17-8-7-16(23-17)15-6-5-14(22-15)13-10-21-9-11-3-1-2-4-12(11)13/h1-10H,(H3,19,20). The molecule has 112 valence electrons. The monoisotopic (exact) mass is 335 g/mol. The predicted molar refractivity (Wildman–Crippen MR) is 99.4 cm³/mol. The van der Waals surface area contributed by atoms with Crippen molar-refractivity contribution >= 4 is 39.3 Å². The van der Waals surface area contributed by atoms with E-state index in [1.807, 2.05) is 30.6 Å². The van der Waals surface area contributed by atoms with Gasteiger partial charge in [-0.1, -0.05) is 24.3 Å². The summed E-state index contributed by atoms with van der Waals surface area (Å²) in [6.07, 6.45) is 3.82. The Kier molecular flexibility index (Phi) is 3.44. The Morgan fingerprint density at radius 2 is 1.61 bits per heavy atom. The summed E-state index contributed by atoms with van der Waals surface area (Å²) in [5.41, 5.74) is 6.71. The molecule has 0 amide bonds. The number of benzene rings is 1. The maximum atomic E-state index is 7.52. The lowest BCUT2D eigenvalue weighted by molar-refractivity contribution is 1.37. The Morgan fingerprint density at radius 1 is 0.870 bits per heavy atom. The summed E-state index contributed by atoms with van der Waals surface area (Å²) >= 11 is 3.29. The van der Waals surface area contributed by atoms with Gasteiger partial charge in [-0.3, -0.25) is 10.4 Å². The quantitative estimate of drug-likeness (QED) is 0.410. The van der Waals surface area contributed by atoms with Gasteiger partial charge in [0.25, 0.3) is 0 Å². The van der Waals surface area contributed by atoms with E-state index in [2.05, 4.69) is 35.3 Å². The lowest BCUT2D eigenvalue weighted by Gasteiger charge is -2.03. The fourth-order valence-electron chi connectivity index (χ4n) is 2.54. The first kappa shape index (κ1) is 14.1. The smallest absolute Gasteiger partial charge is 0.133 e. The van der Waals surface area contributed by atoms with Gasteiger partial charge in [0.2, 0.25) is 0 Å². The lowest BCUT2D eigenvalue weighted by atomic mass is 10.1. The average Bonchev–Trinajstić information content (AvgIpc) is 3.23. The number of nitrogen functional groups attached to an aromatic ring is 1. The number of aromatic nitrogens is 1. The van der Waals surface area contributed by atoms with E-state index in [9.17, 15) is 0 Å². The lowest BCUT2D eigenvalue weighted by Crippen LogP contribution is -2.08. The minimum absolute atomic E-state index is 0.122. The van der Waals surface area contributed by atoms with Gasteiger partial charge in [0.05, 0.1) is 4.88 Å². The van der Waals surface area contributed by atoms with Crippen LogP contribution in [0.25, 0.3) is 31.0 Å². The molecule has 0 spiro atoms. The fourth-order valence-corrected chi connectivity index (χ4v) is 4.53. The van der Waals surface area contributed by atoms with Gasteiger partial charge in [-0.25, -0.2) is 0 Å². The summed E-state index contributed by atoms with van der Waals surface area (Å²) in [6.45, 7) is 0. The Morgan fingerprint density at radius 3 is 2.43 bits per heavy atom. The van der Waals surface area contributed by atoms with E-state index < -0.39 is 0 Å². The van der Waals surface area contributed by atoms with Crippen molar-refractivity contribution < 1.29 is 0 Å². The molecule has 0 aliphatic carbocycles. The van der Waals surface area contributed by atoms with Gasteiger partial charge in [-0.2, -0.15) is 0 Å². The number of thiophene rings is 2. The number of nitrogens with zero attached hydrogens (tertiary/aromatic N) is 1. The predicted octanol–water partition coefficient (Wildman–Crippen LogP) is 4.98. The molecule has 0 aliphatic rings. The third-order valence-electron chi connectivity index (χ3n) is 3.65. The van der Waals surface area contributed by atoms with E-state index in [0.717, 1.165) is 20.7 Å². The van der Waals surface area contributed by atoms with Crippen LogP contribution in [0.3, 0.4) is 0 Å². The van der Waals surface area contributed by atoms with Crippen molar-refractivity contribution in [2.45, 2.75) is 0 Å². The molecule has 0 unspecified atom stereocenters. The van der Waals surface area contributed by atoms with E-state index in [1.54, 1.807) is 22.7 Å². The second-order valence-electron chi connectivity index (χ2n) is 5.15. The summed E-state index contributed by atoms with van der Waals surface area (Å²) in [6, 6.07) is 16.5. The van der Waals surface area contributed by atoms with Crippen LogP contribution < -0.4 is 5.73 Å². The summed E-state index contributed by atoms with van der Waals surface area (Å²) < 4.78 is 0. The number of rotatable bonds is 3. The van der Waals surface area contributed by atoms with E-state index >= 15 is 0 Å². The van der Waals surface area contributed by atoms with Gasteiger partial charge >= 0.3 is 0 Å². The van der Waals surface area contributed by atoms with Crippen molar-refractivity contribution in [1.82, 2.24) is 4.98 Å². The van der Waals surface area contributed by atoms with E-state index in [-0.39, 0.29) is 5.84 Å². The molecule has 0 radical (unpaired) electrons. The molecule has 3 nitrogen and oxygen atoms in total. The van der Waals surface area contributed by atoms with E-state index in [0.29, 0.717) is 0 Å². The molecule has 0 aliphatic heterocycles. The molecule has 3 aromatic heterocycles. The van der Waals surface area contributed by atoms with Gasteiger partial charge in [-0.15, -0.1) is 22.7 Å². The first-order chi connectivity index (χ1) is 11.2. The second kappa shape index (κ2) is 5.61. The minimum atomic E-state index is 0.122. The maximum Gasteiger partial charge on any atom is 0.133 e. The SMILES string of the molecule is N=C(N)c1ccc(-c2ccc(-c3cncc4ccccc34)s2)s1. The van der Waals surface area contributed by atoms with Gasteiger partial charge in [0, 0.05) is 38.0 Å². The molecule has 0 atom stereocenters. The molecule has 0 fully saturated rings. The highest BCUT2D eigenvalue weighted by Crippen LogP contribution is 2.39. The van der Waals surface area contributed by atoms with Gasteiger partial charge < -0.3 is 5.73 Å². The topological polar surface area (TPSA) is 62.8 Å². The zero-order valence-corrected chi connectivity index (χ0v) is 13.7. The molecule has 0 saturated carbocycles. The molecule has 4 aromatic rings. The van der Waals surface area contributed by atoms with E-state index in [1.165, 1.54) is 15.1 Å². The Labute approximate surface area is 141 Å². The van der Waals surface area contributed by atoms with Crippen LogP contribution in [0.4, 0.5) is 0 Å². The molecular weight excluding hydrogens is 322 g/mol. The Hall–Kier alpha value is -2.50. The first-order valence-corrected chi connectivity index (χ1v) is 8.73. The number of pyridine rings is 1. The van der Waals surface area contributed by atoms with Gasteiger partial charge in [0.15, 0.2) is 0 Å². The number of nitrogens with two attached hydrogens (primary N) is 1. The largest absolute Gasteiger partial charge is 0.383 e. The summed E-state index contributed by atoms with van der Waals surface area (Å²) in [4.78, 5) is 8.69. The highest BCUT2D eigenvalue weighted by Gasteiger charge is 2.10. The van der Waals surface area contributed by atoms with Crippen LogP contribution in [0.1, 0.15) is 4.88 Å². The summed E-state index contributed by atoms with van der Waals surface area (Å²) in [5, 5.41) is 9.89. The van der Waals surface area contributed by atoms with Crippen LogP contribution in [0.15, 0.2) is 60.9 Å². The van der Waals surface area contributed by atoms with Crippen molar-refractivity contribution in [3.05, 3.63) is 65.8 Å². The van der Waals surface area contributed by atoms with Gasteiger partial charge in [-0.05, 0) is 29.7 Å². The van der Waals surface area contributed by atoms with Crippen LogP contribution in [-0.2, 0) is 0 Å².